The van der Waals surface area contributed by atoms with Crippen molar-refractivity contribution >= 4 is 40.0 Å². The maximum absolute atomic E-state index is 13.7. The Balaban J connectivity index is 1.84. The maximum Gasteiger partial charge on any atom is 0.190 e. The predicted octanol–water partition coefficient (Wildman–Crippen LogP) is 5.94. The van der Waals surface area contributed by atoms with E-state index in [1.807, 2.05) is 23.6 Å². The van der Waals surface area contributed by atoms with Crippen molar-refractivity contribution in [3.05, 3.63) is 80.9 Å². The zero-order valence-electron chi connectivity index (χ0n) is 12.9. The molecule has 0 fully saturated rings. The predicted molar refractivity (Wildman–Crippen MR) is 100 cm³/mol. The molecule has 4 aromatic rings. The van der Waals surface area contributed by atoms with Crippen LogP contribution in [0, 0.1) is 5.82 Å². The topological polar surface area (TPSA) is 30.4 Å². The zero-order chi connectivity index (χ0) is 17.2. The molecular weight excluding hydrogens is 379 g/mol. The van der Waals surface area contributed by atoms with E-state index in [2.05, 4.69) is 21.0 Å². The van der Waals surface area contributed by atoms with E-state index in [1.165, 1.54) is 23.5 Å². The molecular formula is C18H12ClFN2OS2. The van der Waals surface area contributed by atoms with Crippen LogP contribution in [0.25, 0.3) is 10.6 Å². The van der Waals surface area contributed by atoms with Gasteiger partial charge in [0.1, 0.15) is 11.6 Å². The minimum absolute atomic E-state index is 0.0906. The molecule has 25 heavy (non-hydrogen) atoms. The van der Waals surface area contributed by atoms with Gasteiger partial charge in [-0.05, 0) is 35.7 Å². The van der Waals surface area contributed by atoms with Crippen LogP contribution in [0.5, 0.6) is 0 Å². The Morgan fingerprint density at radius 1 is 1.16 bits per heavy atom. The first-order valence-electron chi connectivity index (χ1n) is 7.45. The third-order valence-electron chi connectivity index (χ3n) is 3.59. The molecule has 3 nitrogen and oxygen atoms in total. The van der Waals surface area contributed by atoms with Crippen LogP contribution in [0.3, 0.4) is 0 Å². The second kappa shape index (κ2) is 7.00. The number of nitrogens with zero attached hydrogens (tertiary/aromatic N) is 2. The van der Waals surface area contributed by atoms with E-state index in [9.17, 15) is 4.39 Å². The number of benzene rings is 1. The largest absolute Gasteiger partial charge is 0.467 e. The standard InChI is InChI=1S/C18H12ClFN2OS2/c19-14-6-5-12(9-15(14)20)21-18-22(10-13-3-1-7-23-13)16(11-25-18)17-4-2-8-24-17/h1-9,11H,10H2. The smallest absolute Gasteiger partial charge is 0.190 e. The Kier molecular flexibility index (Phi) is 4.57. The lowest BCUT2D eigenvalue weighted by atomic mass is 10.3. The average Bonchev–Trinajstić information content (AvgIpc) is 3.34. The summed E-state index contributed by atoms with van der Waals surface area (Å²) in [6.45, 7) is 0.554. The molecule has 0 saturated heterocycles. The van der Waals surface area contributed by atoms with Gasteiger partial charge in [-0.2, -0.15) is 0 Å². The van der Waals surface area contributed by atoms with E-state index >= 15 is 0 Å². The van der Waals surface area contributed by atoms with E-state index in [1.54, 1.807) is 23.7 Å². The lowest BCUT2D eigenvalue weighted by Crippen LogP contribution is -2.16. The number of thiazole rings is 1. The zero-order valence-corrected chi connectivity index (χ0v) is 15.2. The number of rotatable bonds is 4. The summed E-state index contributed by atoms with van der Waals surface area (Å²) in [6, 6.07) is 12.4. The summed E-state index contributed by atoms with van der Waals surface area (Å²) < 4.78 is 21.3. The molecule has 3 aromatic heterocycles. The molecule has 3 heterocycles. The summed E-state index contributed by atoms with van der Waals surface area (Å²) in [7, 11) is 0. The highest BCUT2D eigenvalue weighted by Gasteiger charge is 2.11. The van der Waals surface area contributed by atoms with Gasteiger partial charge in [0.05, 0.1) is 34.1 Å². The number of hydrogen-bond acceptors (Lipinski definition) is 4. The lowest BCUT2D eigenvalue weighted by Gasteiger charge is -2.06. The van der Waals surface area contributed by atoms with Gasteiger partial charge in [-0.3, -0.25) is 0 Å². The molecule has 0 radical (unpaired) electrons. The fourth-order valence-corrected chi connectivity index (χ4v) is 4.28. The highest BCUT2D eigenvalue weighted by molar-refractivity contribution is 7.14. The molecule has 0 aliphatic carbocycles. The molecule has 0 amide bonds. The maximum atomic E-state index is 13.7. The summed E-state index contributed by atoms with van der Waals surface area (Å²) in [4.78, 5) is 6.51. The fraction of sp³-hybridized carbons (Fsp3) is 0.0556. The van der Waals surface area contributed by atoms with Crippen molar-refractivity contribution in [2.24, 2.45) is 4.99 Å². The Morgan fingerprint density at radius 3 is 2.80 bits per heavy atom. The van der Waals surface area contributed by atoms with E-state index in [0.29, 0.717) is 12.2 Å². The molecule has 0 atom stereocenters. The van der Waals surface area contributed by atoms with Crippen molar-refractivity contribution in [3.63, 3.8) is 0 Å². The third-order valence-corrected chi connectivity index (χ3v) is 5.66. The molecule has 4 rings (SSSR count). The van der Waals surface area contributed by atoms with E-state index < -0.39 is 5.82 Å². The van der Waals surface area contributed by atoms with Gasteiger partial charge in [0, 0.05) is 11.4 Å². The van der Waals surface area contributed by atoms with Crippen molar-refractivity contribution in [1.29, 1.82) is 0 Å². The molecule has 0 spiro atoms. The summed E-state index contributed by atoms with van der Waals surface area (Å²) in [5.41, 5.74) is 1.58. The van der Waals surface area contributed by atoms with Crippen LogP contribution in [-0.2, 0) is 6.54 Å². The quantitative estimate of drug-likeness (QED) is 0.424. The first-order chi connectivity index (χ1) is 12.2. The third kappa shape index (κ3) is 3.46. The molecule has 0 aliphatic rings. The molecule has 0 bridgehead atoms. The Bertz CT molecular complexity index is 1050. The average molecular weight is 391 g/mol. The van der Waals surface area contributed by atoms with E-state index in [0.717, 1.165) is 21.1 Å². The molecule has 1 aromatic carbocycles. The van der Waals surface area contributed by atoms with Gasteiger partial charge in [0.25, 0.3) is 0 Å². The second-order valence-electron chi connectivity index (χ2n) is 5.26. The normalized spacial score (nSPS) is 12.0. The van der Waals surface area contributed by atoms with Gasteiger partial charge in [0.2, 0.25) is 0 Å². The van der Waals surface area contributed by atoms with Crippen molar-refractivity contribution < 1.29 is 8.81 Å². The van der Waals surface area contributed by atoms with Crippen molar-refractivity contribution in [2.45, 2.75) is 6.54 Å². The molecule has 0 N–H and O–H groups in total. The summed E-state index contributed by atoms with van der Waals surface area (Å²) in [6.07, 6.45) is 1.65. The van der Waals surface area contributed by atoms with Crippen LogP contribution in [-0.4, -0.2) is 4.57 Å². The van der Waals surface area contributed by atoms with E-state index in [-0.39, 0.29) is 5.02 Å². The first-order valence-corrected chi connectivity index (χ1v) is 9.59. The Hall–Kier alpha value is -2.15. The van der Waals surface area contributed by atoms with E-state index in [4.69, 9.17) is 16.0 Å². The van der Waals surface area contributed by atoms with Crippen molar-refractivity contribution in [2.75, 3.05) is 0 Å². The van der Waals surface area contributed by atoms with Gasteiger partial charge in [0.15, 0.2) is 4.80 Å². The van der Waals surface area contributed by atoms with Crippen LogP contribution in [0.15, 0.2) is 68.9 Å². The number of thiophene rings is 1. The molecule has 7 heteroatoms. The van der Waals surface area contributed by atoms with Gasteiger partial charge in [-0.15, -0.1) is 22.7 Å². The first kappa shape index (κ1) is 16.3. The highest BCUT2D eigenvalue weighted by Crippen LogP contribution is 2.26. The van der Waals surface area contributed by atoms with Gasteiger partial charge in [-0.1, -0.05) is 17.7 Å². The number of aromatic nitrogens is 1. The fourth-order valence-electron chi connectivity index (χ4n) is 2.42. The molecule has 0 saturated carbocycles. The second-order valence-corrected chi connectivity index (χ2v) is 7.45. The van der Waals surface area contributed by atoms with Gasteiger partial charge in [-0.25, -0.2) is 9.38 Å². The number of hydrogen-bond donors (Lipinski definition) is 0. The summed E-state index contributed by atoms with van der Waals surface area (Å²) in [5.74, 6) is 0.357. The Labute approximate surface area is 156 Å². The summed E-state index contributed by atoms with van der Waals surface area (Å²) >= 11 is 8.92. The minimum atomic E-state index is -0.476. The van der Waals surface area contributed by atoms with Gasteiger partial charge >= 0.3 is 0 Å². The van der Waals surface area contributed by atoms with Crippen LogP contribution < -0.4 is 4.80 Å². The number of furan rings is 1. The molecule has 126 valence electrons. The SMILES string of the molecule is Fc1cc(N=c2scc(-c3cccs3)n2Cc2ccco2)ccc1Cl. The molecule has 0 aliphatic heterocycles. The van der Waals surface area contributed by atoms with Crippen LogP contribution in [0.4, 0.5) is 10.1 Å². The molecule has 0 unspecified atom stereocenters. The Morgan fingerprint density at radius 2 is 2.08 bits per heavy atom. The highest BCUT2D eigenvalue weighted by atomic mass is 35.5. The minimum Gasteiger partial charge on any atom is -0.467 e. The van der Waals surface area contributed by atoms with Crippen molar-refractivity contribution in [1.82, 2.24) is 4.57 Å². The van der Waals surface area contributed by atoms with Crippen LogP contribution in [0.1, 0.15) is 5.76 Å². The summed E-state index contributed by atoms with van der Waals surface area (Å²) in [5, 5.41) is 4.18. The monoisotopic (exact) mass is 390 g/mol. The van der Waals surface area contributed by atoms with Gasteiger partial charge < -0.3 is 8.98 Å². The lowest BCUT2D eigenvalue weighted by molar-refractivity contribution is 0.492. The van der Waals surface area contributed by atoms with Crippen LogP contribution >= 0.6 is 34.3 Å². The van der Waals surface area contributed by atoms with Crippen LogP contribution in [0.2, 0.25) is 5.02 Å². The van der Waals surface area contributed by atoms with Crippen molar-refractivity contribution in [3.8, 4) is 10.6 Å². The number of halogens is 2.